The third kappa shape index (κ3) is 4.82. The Morgan fingerprint density at radius 1 is 1.00 bits per heavy atom. The van der Waals surface area contributed by atoms with Crippen LogP contribution in [-0.4, -0.2) is 29.9 Å². The van der Waals surface area contributed by atoms with Gasteiger partial charge in [0, 0.05) is 29.2 Å². The molecule has 1 saturated heterocycles. The van der Waals surface area contributed by atoms with Crippen LogP contribution >= 0.6 is 15.9 Å². The van der Waals surface area contributed by atoms with Crippen LogP contribution < -0.4 is 0 Å². The highest BCUT2D eigenvalue weighted by Crippen LogP contribution is 2.23. The maximum atomic E-state index is 12.8. The molecular weight excluding hydrogens is 394 g/mol. The van der Waals surface area contributed by atoms with Gasteiger partial charge in [-0.15, -0.1) is 0 Å². The van der Waals surface area contributed by atoms with Crippen molar-refractivity contribution < 1.29 is 14.3 Å². The largest absolute Gasteiger partial charge is 0.444 e. The molecule has 5 heteroatoms. The first-order valence-corrected chi connectivity index (χ1v) is 9.41. The third-order valence-electron chi connectivity index (χ3n) is 4.26. The monoisotopic (exact) mass is 413 g/mol. The Labute approximate surface area is 161 Å². The summed E-state index contributed by atoms with van der Waals surface area (Å²) >= 11 is 3.37. The van der Waals surface area contributed by atoms with Crippen molar-refractivity contribution in [3.05, 3.63) is 76.3 Å². The highest BCUT2D eigenvalue weighted by Gasteiger charge is 2.30. The lowest BCUT2D eigenvalue weighted by Crippen LogP contribution is -2.34. The van der Waals surface area contributed by atoms with E-state index in [9.17, 15) is 9.59 Å². The minimum absolute atomic E-state index is 0.154. The fourth-order valence-electron chi connectivity index (χ4n) is 2.89. The van der Waals surface area contributed by atoms with Crippen molar-refractivity contribution in [3.63, 3.8) is 0 Å². The maximum Gasteiger partial charge on any atom is 0.331 e. The van der Waals surface area contributed by atoms with Gasteiger partial charge < -0.3 is 9.64 Å². The first-order chi connectivity index (χ1) is 12.6. The molecule has 4 nitrogen and oxygen atoms in total. The minimum Gasteiger partial charge on any atom is -0.444 e. The molecule has 2 aromatic carbocycles. The topological polar surface area (TPSA) is 46.6 Å². The van der Waals surface area contributed by atoms with Crippen molar-refractivity contribution in [2.24, 2.45) is 0 Å². The van der Waals surface area contributed by atoms with Crippen molar-refractivity contribution in [3.8, 4) is 0 Å². The molecule has 1 fully saturated rings. The number of carbonyl (C=O) groups excluding carboxylic acids is 2. The van der Waals surface area contributed by atoms with Crippen molar-refractivity contribution in [1.29, 1.82) is 0 Å². The Hall–Kier alpha value is -2.40. The molecule has 1 amide bonds. The van der Waals surface area contributed by atoms with Gasteiger partial charge in [-0.1, -0.05) is 58.4 Å². The fraction of sp³-hybridized carbons (Fsp3) is 0.238. The number of rotatable bonds is 5. The van der Waals surface area contributed by atoms with Gasteiger partial charge in [-0.25, -0.2) is 4.79 Å². The number of nitrogens with zero attached hydrogens (tertiary/aromatic N) is 1. The van der Waals surface area contributed by atoms with Crippen LogP contribution in [0.4, 0.5) is 0 Å². The van der Waals surface area contributed by atoms with Gasteiger partial charge in [0.15, 0.2) is 0 Å². The lowest BCUT2D eigenvalue weighted by Gasteiger charge is -2.23. The van der Waals surface area contributed by atoms with E-state index in [4.69, 9.17) is 4.74 Å². The number of amides is 1. The second-order valence-corrected chi connectivity index (χ2v) is 7.06. The molecule has 0 saturated carbocycles. The van der Waals surface area contributed by atoms with Gasteiger partial charge in [0.2, 0.25) is 6.10 Å². The smallest absolute Gasteiger partial charge is 0.331 e. The van der Waals surface area contributed by atoms with E-state index < -0.39 is 12.1 Å². The van der Waals surface area contributed by atoms with Crippen molar-refractivity contribution in [2.45, 2.75) is 18.9 Å². The molecule has 0 radical (unpaired) electrons. The summed E-state index contributed by atoms with van der Waals surface area (Å²) in [6, 6.07) is 16.7. The van der Waals surface area contributed by atoms with Crippen molar-refractivity contribution >= 4 is 33.9 Å². The van der Waals surface area contributed by atoms with E-state index >= 15 is 0 Å². The number of benzene rings is 2. The number of likely N-dealkylation sites (tertiary alicyclic amines) is 1. The summed E-state index contributed by atoms with van der Waals surface area (Å²) in [6.45, 7) is 1.43. The summed E-state index contributed by atoms with van der Waals surface area (Å²) in [6.07, 6.45) is 4.11. The zero-order valence-corrected chi connectivity index (χ0v) is 15.9. The van der Waals surface area contributed by atoms with Crippen molar-refractivity contribution in [2.75, 3.05) is 13.1 Å². The molecule has 0 bridgehead atoms. The maximum absolute atomic E-state index is 12.8. The van der Waals surface area contributed by atoms with Crippen LogP contribution in [0.1, 0.15) is 30.1 Å². The van der Waals surface area contributed by atoms with Crippen LogP contribution in [0.25, 0.3) is 6.08 Å². The van der Waals surface area contributed by atoms with Crippen molar-refractivity contribution in [1.82, 2.24) is 4.90 Å². The van der Waals surface area contributed by atoms with E-state index in [1.807, 2.05) is 54.6 Å². The van der Waals surface area contributed by atoms with E-state index in [2.05, 4.69) is 15.9 Å². The van der Waals surface area contributed by atoms with Gasteiger partial charge in [0.05, 0.1) is 0 Å². The fourth-order valence-corrected chi connectivity index (χ4v) is 3.15. The highest BCUT2D eigenvalue weighted by atomic mass is 79.9. The summed E-state index contributed by atoms with van der Waals surface area (Å²) < 4.78 is 6.50. The van der Waals surface area contributed by atoms with Crippen LogP contribution in [0, 0.1) is 0 Å². The third-order valence-corrected chi connectivity index (χ3v) is 4.79. The molecule has 1 aliphatic heterocycles. The van der Waals surface area contributed by atoms with Gasteiger partial charge in [-0.3, -0.25) is 4.79 Å². The summed E-state index contributed by atoms with van der Waals surface area (Å²) in [7, 11) is 0. The number of esters is 1. The Balaban J connectivity index is 1.73. The molecule has 0 unspecified atom stereocenters. The lowest BCUT2D eigenvalue weighted by molar-refractivity contribution is -0.156. The number of halogens is 1. The van der Waals surface area contributed by atoms with E-state index in [1.54, 1.807) is 11.0 Å². The first kappa shape index (κ1) is 18.4. The van der Waals surface area contributed by atoms with Crippen LogP contribution in [0.3, 0.4) is 0 Å². The quantitative estimate of drug-likeness (QED) is 0.539. The summed E-state index contributed by atoms with van der Waals surface area (Å²) in [5.41, 5.74) is 1.57. The molecule has 134 valence electrons. The zero-order valence-electron chi connectivity index (χ0n) is 14.3. The Bertz CT molecular complexity index is 781. The highest BCUT2D eigenvalue weighted by molar-refractivity contribution is 9.10. The molecule has 26 heavy (non-hydrogen) atoms. The normalized spacial score (nSPS) is 15.2. The van der Waals surface area contributed by atoms with Gasteiger partial charge >= 0.3 is 5.97 Å². The summed E-state index contributed by atoms with van der Waals surface area (Å²) in [4.78, 5) is 26.9. The Morgan fingerprint density at radius 3 is 2.31 bits per heavy atom. The van der Waals surface area contributed by atoms with Crippen LogP contribution in [0.15, 0.2) is 65.1 Å². The predicted molar refractivity (Wildman–Crippen MR) is 104 cm³/mol. The number of hydrogen-bond donors (Lipinski definition) is 0. The lowest BCUT2D eigenvalue weighted by atomic mass is 10.1. The minimum atomic E-state index is -0.906. The summed E-state index contributed by atoms with van der Waals surface area (Å²) in [5, 5.41) is 0. The Morgan fingerprint density at radius 2 is 1.65 bits per heavy atom. The number of ether oxygens (including phenoxy) is 1. The molecule has 0 aliphatic carbocycles. The van der Waals surface area contributed by atoms with Crippen LogP contribution in [0.5, 0.6) is 0 Å². The van der Waals surface area contributed by atoms with Crippen LogP contribution in [0.2, 0.25) is 0 Å². The molecule has 1 heterocycles. The standard InChI is InChI=1S/C21H20BrNO3/c22-18-11-8-16(9-12-18)10-13-19(24)26-20(17-6-2-1-3-7-17)21(25)23-14-4-5-15-23/h1-3,6-13,20H,4-5,14-15H2/b13-10+/t20-/m0/s1. The van der Waals surface area contributed by atoms with Gasteiger partial charge in [-0.2, -0.15) is 0 Å². The summed E-state index contributed by atoms with van der Waals surface area (Å²) in [5.74, 6) is -0.687. The number of carbonyl (C=O) groups is 2. The average Bonchev–Trinajstić information content (AvgIpc) is 3.21. The molecule has 1 atom stereocenters. The molecule has 3 rings (SSSR count). The molecule has 2 aromatic rings. The second kappa shape index (κ2) is 8.81. The average molecular weight is 414 g/mol. The van der Waals surface area contributed by atoms with Gasteiger partial charge in [0.1, 0.15) is 0 Å². The molecule has 0 spiro atoms. The van der Waals surface area contributed by atoms with E-state index in [0.717, 1.165) is 22.9 Å². The molecular formula is C21H20BrNO3. The number of hydrogen-bond acceptors (Lipinski definition) is 3. The first-order valence-electron chi connectivity index (χ1n) is 8.61. The predicted octanol–water partition coefficient (Wildman–Crippen LogP) is 4.37. The van der Waals surface area contributed by atoms with Crippen LogP contribution in [-0.2, 0) is 14.3 Å². The SMILES string of the molecule is O=C(/C=C/c1ccc(Br)cc1)O[C@H](C(=O)N1CCCC1)c1ccccc1. The van der Waals surface area contributed by atoms with Gasteiger partial charge in [0.25, 0.3) is 5.91 Å². The van der Waals surface area contributed by atoms with Gasteiger partial charge in [-0.05, 0) is 36.6 Å². The zero-order chi connectivity index (χ0) is 18.4. The Kier molecular flexibility index (Phi) is 6.23. The molecule has 1 aliphatic rings. The van der Waals surface area contributed by atoms with E-state index in [0.29, 0.717) is 18.7 Å². The molecule has 0 aromatic heterocycles. The van der Waals surface area contributed by atoms with E-state index in [1.165, 1.54) is 6.08 Å². The molecule has 0 N–H and O–H groups in total. The second-order valence-electron chi connectivity index (χ2n) is 6.14. The van der Waals surface area contributed by atoms with E-state index in [-0.39, 0.29) is 5.91 Å².